The van der Waals surface area contributed by atoms with Crippen molar-refractivity contribution in [3.05, 3.63) is 46.4 Å². The van der Waals surface area contributed by atoms with E-state index >= 15 is 0 Å². The summed E-state index contributed by atoms with van der Waals surface area (Å²) in [6.07, 6.45) is 0. The number of nitrogens with zero attached hydrogens (tertiary/aromatic N) is 3. The molecule has 0 amide bonds. The molecule has 1 aromatic carbocycles. The number of benzene rings is 1. The van der Waals surface area contributed by atoms with E-state index in [4.69, 9.17) is 16.6 Å². The molecule has 0 unspecified atom stereocenters. The topological polar surface area (TPSA) is 29.0 Å². The lowest BCUT2D eigenvalue weighted by Crippen LogP contribution is -2.20. The normalized spacial score (nSPS) is 11.0. The van der Waals surface area contributed by atoms with Gasteiger partial charge >= 0.3 is 0 Å². The Kier molecular flexibility index (Phi) is 4.84. The van der Waals surface area contributed by atoms with Gasteiger partial charge in [0.1, 0.15) is 16.8 Å². The molecule has 112 valence electrons. The molecule has 2 rings (SSSR count). The number of hydrogen-bond donors (Lipinski definition) is 0. The van der Waals surface area contributed by atoms with Gasteiger partial charge < -0.3 is 4.90 Å². The van der Waals surface area contributed by atoms with Crippen LogP contribution in [0.4, 0.5) is 11.5 Å². The molecular weight excluding hydrogens is 282 g/mol. The first-order valence-electron chi connectivity index (χ1n) is 7.32. The Morgan fingerprint density at radius 2 is 1.71 bits per heavy atom. The van der Waals surface area contributed by atoms with E-state index < -0.39 is 0 Å². The molecule has 0 aliphatic rings. The van der Waals surface area contributed by atoms with Gasteiger partial charge in [-0.25, -0.2) is 9.97 Å². The Balaban J connectivity index is 2.53. The van der Waals surface area contributed by atoms with Gasteiger partial charge in [-0.05, 0) is 32.9 Å². The van der Waals surface area contributed by atoms with E-state index in [9.17, 15) is 0 Å². The van der Waals surface area contributed by atoms with Crippen LogP contribution in [-0.2, 0) is 0 Å². The van der Waals surface area contributed by atoms with Gasteiger partial charge in [-0.15, -0.1) is 0 Å². The fourth-order valence-corrected chi connectivity index (χ4v) is 2.37. The van der Waals surface area contributed by atoms with Crippen LogP contribution in [0.2, 0.25) is 5.15 Å². The third-order valence-corrected chi connectivity index (χ3v) is 3.88. The number of aryl methyl sites for hydroxylation is 1. The fraction of sp³-hybridized carbons (Fsp3) is 0.412. The van der Waals surface area contributed by atoms with Crippen LogP contribution < -0.4 is 4.90 Å². The maximum Gasteiger partial charge on any atom is 0.141 e. The van der Waals surface area contributed by atoms with Crippen LogP contribution in [0.5, 0.6) is 0 Å². The minimum absolute atomic E-state index is 0.249. The molecule has 1 heterocycles. The lowest BCUT2D eigenvalue weighted by Gasteiger charge is -2.25. The Morgan fingerprint density at radius 3 is 2.24 bits per heavy atom. The monoisotopic (exact) mass is 303 g/mol. The number of anilines is 2. The summed E-state index contributed by atoms with van der Waals surface area (Å²) in [6.45, 7) is 11.2. The van der Waals surface area contributed by atoms with Crippen LogP contribution >= 0.6 is 11.6 Å². The van der Waals surface area contributed by atoms with Gasteiger partial charge in [0, 0.05) is 23.7 Å². The second-order valence-corrected chi connectivity index (χ2v) is 5.91. The number of aromatic nitrogens is 2. The van der Waals surface area contributed by atoms with Crippen molar-refractivity contribution < 1.29 is 0 Å². The molecule has 2 aromatic rings. The predicted octanol–water partition coefficient (Wildman–Crippen LogP) is 5.03. The van der Waals surface area contributed by atoms with Crippen molar-refractivity contribution in [2.45, 2.75) is 40.5 Å². The molecule has 0 saturated heterocycles. The Bertz CT molecular complexity index is 621. The van der Waals surface area contributed by atoms with E-state index in [0.29, 0.717) is 5.15 Å². The summed E-state index contributed by atoms with van der Waals surface area (Å²) in [5, 5.41) is 0.536. The van der Waals surface area contributed by atoms with E-state index in [1.807, 2.05) is 6.92 Å². The zero-order valence-electron chi connectivity index (χ0n) is 13.3. The predicted molar refractivity (Wildman–Crippen MR) is 89.7 cm³/mol. The smallest absolute Gasteiger partial charge is 0.141 e. The average Bonchev–Trinajstić information content (AvgIpc) is 2.45. The molecule has 0 atom stereocenters. The molecule has 0 spiro atoms. The second kappa shape index (κ2) is 6.44. The Morgan fingerprint density at radius 1 is 1.10 bits per heavy atom. The average molecular weight is 304 g/mol. The first-order chi connectivity index (χ1) is 9.93. The van der Waals surface area contributed by atoms with Gasteiger partial charge in [0.25, 0.3) is 0 Å². The summed E-state index contributed by atoms with van der Waals surface area (Å²) >= 11 is 6.30. The van der Waals surface area contributed by atoms with Gasteiger partial charge in [-0.2, -0.15) is 0 Å². The van der Waals surface area contributed by atoms with Gasteiger partial charge in [-0.1, -0.05) is 43.1 Å². The zero-order valence-corrected chi connectivity index (χ0v) is 14.1. The molecule has 0 radical (unpaired) electrons. The van der Waals surface area contributed by atoms with Crippen molar-refractivity contribution in [2.75, 3.05) is 11.4 Å². The van der Waals surface area contributed by atoms with Gasteiger partial charge in [0.05, 0.1) is 0 Å². The maximum atomic E-state index is 6.30. The van der Waals surface area contributed by atoms with E-state index in [2.05, 4.69) is 61.8 Å². The molecule has 0 bridgehead atoms. The molecule has 4 heteroatoms. The molecule has 0 saturated carbocycles. The van der Waals surface area contributed by atoms with E-state index in [0.717, 1.165) is 29.4 Å². The summed E-state index contributed by atoms with van der Waals surface area (Å²) < 4.78 is 0. The SMILES string of the molecule is CCN(c1ccc(C)cc1)c1nc(C(C)C)nc(Cl)c1C. The molecule has 1 aromatic heterocycles. The van der Waals surface area contributed by atoms with Crippen LogP contribution in [0, 0.1) is 13.8 Å². The highest BCUT2D eigenvalue weighted by Gasteiger charge is 2.17. The molecule has 0 aliphatic carbocycles. The lowest BCUT2D eigenvalue weighted by atomic mass is 10.2. The molecule has 0 aliphatic heterocycles. The minimum atomic E-state index is 0.249. The first kappa shape index (κ1) is 15.8. The third kappa shape index (κ3) is 3.35. The minimum Gasteiger partial charge on any atom is -0.326 e. The summed E-state index contributed by atoms with van der Waals surface area (Å²) in [5.41, 5.74) is 3.29. The van der Waals surface area contributed by atoms with Crippen LogP contribution in [0.25, 0.3) is 0 Å². The molecule has 0 fully saturated rings. The lowest BCUT2D eigenvalue weighted by molar-refractivity contribution is 0.765. The van der Waals surface area contributed by atoms with Gasteiger partial charge in [-0.3, -0.25) is 0 Å². The fourth-order valence-electron chi connectivity index (χ4n) is 2.19. The maximum absolute atomic E-state index is 6.30. The van der Waals surface area contributed by atoms with E-state index in [-0.39, 0.29) is 5.92 Å². The number of halogens is 1. The number of hydrogen-bond acceptors (Lipinski definition) is 3. The highest BCUT2D eigenvalue weighted by atomic mass is 35.5. The summed E-state index contributed by atoms with van der Waals surface area (Å²) in [4.78, 5) is 11.3. The molecule has 0 N–H and O–H groups in total. The van der Waals surface area contributed by atoms with Crippen LogP contribution in [0.3, 0.4) is 0 Å². The van der Waals surface area contributed by atoms with Crippen molar-refractivity contribution in [1.82, 2.24) is 9.97 Å². The summed E-state index contributed by atoms with van der Waals surface area (Å²) in [7, 11) is 0. The Hall–Kier alpha value is -1.61. The molecule has 21 heavy (non-hydrogen) atoms. The van der Waals surface area contributed by atoms with Gasteiger partial charge in [0.15, 0.2) is 0 Å². The van der Waals surface area contributed by atoms with E-state index in [1.54, 1.807) is 0 Å². The standard InChI is InChI=1S/C17H22ClN3/c1-6-21(14-9-7-12(4)8-10-14)17-13(5)15(18)19-16(20-17)11(2)3/h7-11H,6H2,1-5H3. The summed E-state index contributed by atoms with van der Waals surface area (Å²) in [6, 6.07) is 8.45. The third-order valence-electron chi connectivity index (χ3n) is 3.51. The van der Waals surface area contributed by atoms with E-state index in [1.165, 1.54) is 5.56 Å². The molecular formula is C17H22ClN3. The van der Waals surface area contributed by atoms with Crippen molar-refractivity contribution >= 4 is 23.1 Å². The highest BCUT2D eigenvalue weighted by Crippen LogP contribution is 2.30. The largest absolute Gasteiger partial charge is 0.326 e. The molecule has 3 nitrogen and oxygen atoms in total. The highest BCUT2D eigenvalue weighted by molar-refractivity contribution is 6.30. The van der Waals surface area contributed by atoms with Gasteiger partial charge in [0.2, 0.25) is 0 Å². The van der Waals surface area contributed by atoms with Crippen molar-refractivity contribution in [3.8, 4) is 0 Å². The Labute approximate surface area is 132 Å². The summed E-state index contributed by atoms with van der Waals surface area (Å²) in [5.74, 6) is 1.93. The number of rotatable bonds is 4. The van der Waals surface area contributed by atoms with Crippen molar-refractivity contribution in [2.24, 2.45) is 0 Å². The van der Waals surface area contributed by atoms with Crippen LogP contribution in [0.15, 0.2) is 24.3 Å². The second-order valence-electron chi connectivity index (χ2n) is 5.56. The van der Waals surface area contributed by atoms with Crippen LogP contribution in [0.1, 0.15) is 43.6 Å². The first-order valence-corrected chi connectivity index (χ1v) is 7.70. The van der Waals surface area contributed by atoms with Crippen molar-refractivity contribution in [3.63, 3.8) is 0 Å². The quantitative estimate of drug-likeness (QED) is 0.742. The zero-order chi connectivity index (χ0) is 15.6. The van der Waals surface area contributed by atoms with Crippen LogP contribution in [-0.4, -0.2) is 16.5 Å². The van der Waals surface area contributed by atoms with Crippen molar-refractivity contribution in [1.29, 1.82) is 0 Å².